The minimum Gasteiger partial charge on any atom is -0.347 e. The van der Waals surface area contributed by atoms with E-state index in [-0.39, 0.29) is 12.3 Å². The summed E-state index contributed by atoms with van der Waals surface area (Å²) >= 11 is 3.66. The molecule has 6 nitrogen and oxygen atoms in total. The van der Waals surface area contributed by atoms with Crippen LogP contribution in [0.1, 0.15) is 35.9 Å². The number of hydrogen-bond acceptors (Lipinski definition) is 4. The molecule has 0 saturated carbocycles. The van der Waals surface area contributed by atoms with Crippen molar-refractivity contribution in [1.82, 2.24) is 9.99 Å². The van der Waals surface area contributed by atoms with Gasteiger partial charge in [-0.1, -0.05) is 18.2 Å². The molecular formula is C20H24BrN3O3. The van der Waals surface area contributed by atoms with E-state index in [1.807, 2.05) is 19.1 Å². The summed E-state index contributed by atoms with van der Waals surface area (Å²) in [6.45, 7) is 8.94. The van der Waals surface area contributed by atoms with Crippen LogP contribution in [0.4, 0.5) is 0 Å². The lowest BCUT2D eigenvalue weighted by molar-refractivity contribution is -0.159. The summed E-state index contributed by atoms with van der Waals surface area (Å²) in [5, 5.41) is 4.13. The highest BCUT2D eigenvalue weighted by Gasteiger charge is 2.33. The first-order valence-corrected chi connectivity index (χ1v) is 9.65. The lowest BCUT2D eigenvalue weighted by Gasteiger charge is -2.20. The van der Waals surface area contributed by atoms with E-state index in [2.05, 4.69) is 57.0 Å². The summed E-state index contributed by atoms with van der Waals surface area (Å²) in [4.78, 5) is 12.1. The van der Waals surface area contributed by atoms with Gasteiger partial charge in [-0.2, -0.15) is 5.10 Å². The third kappa shape index (κ3) is 4.15. The number of nitrogens with one attached hydrogen (secondary N) is 1. The fourth-order valence-electron chi connectivity index (χ4n) is 3.31. The molecular weight excluding hydrogens is 410 g/mol. The van der Waals surface area contributed by atoms with Crippen LogP contribution >= 0.6 is 15.9 Å². The average Bonchev–Trinajstić information content (AvgIpc) is 3.13. The molecule has 0 aliphatic carbocycles. The van der Waals surface area contributed by atoms with Crippen molar-refractivity contribution in [3.8, 4) is 5.69 Å². The largest absolute Gasteiger partial charge is 0.347 e. The monoisotopic (exact) mass is 433 g/mol. The van der Waals surface area contributed by atoms with Gasteiger partial charge >= 0.3 is 0 Å². The van der Waals surface area contributed by atoms with Crippen molar-refractivity contribution in [2.24, 2.45) is 5.10 Å². The summed E-state index contributed by atoms with van der Waals surface area (Å²) in [7, 11) is 0. The van der Waals surface area contributed by atoms with Gasteiger partial charge in [0.25, 0.3) is 0 Å². The van der Waals surface area contributed by atoms with E-state index in [1.165, 1.54) is 5.56 Å². The normalized spacial score (nSPS) is 16.2. The van der Waals surface area contributed by atoms with E-state index in [0.29, 0.717) is 13.2 Å². The minimum atomic E-state index is -0.860. The van der Waals surface area contributed by atoms with Crippen LogP contribution in [-0.4, -0.2) is 35.7 Å². The zero-order valence-corrected chi connectivity index (χ0v) is 17.6. The number of amides is 1. The number of nitrogens with zero attached hydrogens (tertiary/aromatic N) is 2. The highest BCUT2D eigenvalue weighted by atomic mass is 79.9. The fraction of sp³-hybridized carbons (Fsp3) is 0.400. The van der Waals surface area contributed by atoms with Gasteiger partial charge in [0, 0.05) is 27.1 Å². The van der Waals surface area contributed by atoms with Crippen molar-refractivity contribution in [2.45, 2.75) is 39.9 Å². The number of aryl methyl sites for hydroxylation is 1. The van der Waals surface area contributed by atoms with Crippen LogP contribution < -0.4 is 5.43 Å². The molecule has 1 aromatic heterocycles. The van der Waals surface area contributed by atoms with E-state index >= 15 is 0 Å². The molecule has 1 aromatic carbocycles. The topological polar surface area (TPSA) is 64.9 Å². The van der Waals surface area contributed by atoms with Crippen LogP contribution in [-0.2, 0) is 14.3 Å². The number of aromatic nitrogens is 1. The van der Waals surface area contributed by atoms with Crippen molar-refractivity contribution >= 4 is 28.1 Å². The molecule has 1 N–H and O–H groups in total. The predicted octanol–water partition coefficient (Wildman–Crippen LogP) is 3.77. The Morgan fingerprint density at radius 1 is 1.26 bits per heavy atom. The smallest absolute Gasteiger partial charge is 0.245 e. The molecule has 27 heavy (non-hydrogen) atoms. The van der Waals surface area contributed by atoms with E-state index in [1.54, 1.807) is 13.1 Å². The molecule has 0 atom stereocenters. The molecule has 0 radical (unpaired) electrons. The van der Waals surface area contributed by atoms with Gasteiger partial charge in [0.15, 0.2) is 5.79 Å². The number of para-hydroxylation sites is 1. The first-order chi connectivity index (χ1) is 12.8. The molecule has 1 amide bonds. The van der Waals surface area contributed by atoms with Crippen LogP contribution in [0.3, 0.4) is 0 Å². The number of rotatable bonds is 5. The summed E-state index contributed by atoms with van der Waals surface area (Å²) in [6.07, 6.45) is 1.77. The van der Waals surface area contributed by atoms with Crippen molar-refractivity contribution in [2.75, 3.05) is 13.2 Å². The lowest BCUT2D eigenvalue weighted by Crippen LogP contribution is -2.33. The number of halogens is 1. The lowest BCUT2D eigenvalue weighted by atomic mass is 10.2. The average molecular weight is 434 g/mol. The maximum absolute atomic E-state index is 12.1. The molecule has 1 aliphatic rings. The van der Waals surface area contributed by atoms with Crippen LogP contribution in [0, 0.1) is 20.8 Å². The number of carbonyl (C=O) groups excluding carboxylic acids is 1. The highest BCUT2D eigenvalue weighted by Crippen LogP contribution is 2.30. The Hall–Kier alpha value is -1.96. The van der Waals surface area contributed by atoms with Gasteiger partial charge in [0.2, 0.25) is 5.91 Å². The summed E-state index contributed by atoms with van der Waals surface area (Å²) in [6, 6.07) is 8.23. The van der Waals surface area contributed by atoms with Crippen LogP contribution in [0.25, 0.3) is 5.69 Å². The van der Waals surface area contributed by atoms with Gasteiger partial charge in [-0.3, -0.25) is 4.79 Å². The summed E-state index contributed by atoms with van der Waals surface area (Å²) < 4.78 is 14.0. The zero-order valence-electron chi connectivity index (χ0n) is 16.0. The van der Waals surface area contributed by atoms with Gasteiger partial charge in [-0.25, -0.2) is 5.43 Å². The highest BCUT2D eigenvalue weighted by molar-refractivity contribution is 9.10. The van der Waals surface area contributed by atoms with Crippen LogP contribution in [0.15, 0.2) is 33.8 Å². The Labute approximate surface area is 167 Å². The van der Waals surface area contributed by atoms with E-state index in [9.17, 15) is 4.79 Å². The molecule has 0 unspecified atom stereocenters. The van der Waals surface area contributed by atoms with Gasteiger partial charge in [-0.15, -0.1) is 0 Å². The Morgan fingerprint density at radius 2 is 1.93 bits per heavy atom. The molecule has 3 rings (SSSR count). The predicted molar refractivity (Wildman–Crippen MR) is 108 cm³/mol. The first kappa shape index (κ1) is 19.8. The minimum absolute atomic E-state index is 0.105. The molecule has 7 heteroatoms. The third-order valence-corrected chi connectivity index (χ3v) is 5.73. The second-order valence-electron chi connectivity index (χ2n) is 6.82. The third-order valence-electron chi connectivity index (χ3n) is 4.73. The molecule has 1 aliphatic heterocycles. The van der Waals surface area contributed by atoms with E-state index in [0.717, 1.165) is 27.1 Å². The molecule has 0 spiro atoms. The zero-order chi connectivity index (χ0) is 19.6. The van der Waals surface area contributed by atoms with Gasteiger partial charge in [0.1, 0.15) is 0 Å². The number of benzene rings is 1. The van der Waals surface area contributed by atoms with Crippen molar-refractivity contribution in [3.63, 3.8) is 0 Å². The molecule has 2 aromatic rings. The Kier molecular flexibility index (Phi) is 5.83. The molecule has 2 heterocycles. The number of ether oxygens (including phenoxy) is 2. The van der Waals surface area contributed by atoms with Crippen molar-refractivity contribution in [3.05, 3.63) is 51.3 Å². The Morgan fingerprint density at radius 3 is 2.59 bits per heavy atom. The molecule has 144 valence electrons. The fourth-order valence-corrected chi connectivity index (χ4v) is 3.88. The van der Waals surface area contributed by atoms with Gasteiger partial charge in [-0.05, 0) is 55.3 Å². The van der Waals surface area contributed by atoms with E-state index < -0.39 is 5.79 Å². The van der Waals surface area contributed by atoms with Crippen LogP contribution in [0.2, 0.25) is 0 Å². The molecule has 0 bridgehead atoms. The van der Waals surface area contributed by atoms with Crippen molar-refractivity contribution < 1.29 is 14.3 Å². The molecule has 1 saturated heterocycles. The number of hydrazone groups is 1. The molecule has 1 fully saturated rings. The van der Waals surface area contributed by atoms with Crippen LogP contribution in [0.5, 0.6) is 0 Å². The maximum atomic E-state index is 12.1. The first-order valence-electron chi connectivity index (χ1n) is 8.85. The summed E-state index contributed by atoms with van der Waals surface area (Å²) in [5.74, 6) is -1.11. The maximum Gasteiger partial charge on any atom is 0.245 e. The Bertz CT molecular complexity index is 883. The van der Waals surface area contributed by atoms with E-state index in [4.69, 9.17) is 9.47 Å². The number of hydrogen-bond donors (Lipinski definition) is 1. The quantitative estimate of drug-likeness (QED) is 0.576. The van der Waals surface area contributed by atoms with Gasteiger partial charge < -0.3 is 14.0 Å². The standard InChI is InChI=1S/C20H24BrN3O3/c1-13-7-5-6-8-17(13)24-14(2)16(19(21)15(24)3)12-22-23-18(25)11-20(4)26-9-10-27-20/h5-8,12H,9-11H2,1-4H3,(H,23,25). The SMILES string of the molecule is Cc1ccccc1-n1c(C)c(Br)c(C=NNC(=O)CC2(C)OCCO2)c1C. The number of carbonyl (C=O) groups is 1. The summed E-state index contributed by atoms with van der Waals surface area (Å²) in [5.41, 5.74) is 7.92. The second-order valence-corrected chi connectivity index (χ2v) is 7.61. The van der Waals surface area contributed by atoms with Crippen molar-refractivity contribution in [1.29, 1.82) is 0 Å². The second kappa shape index (κ2) is 7.96. The van der Waals surface area contributed by atoms with Gasteiger partial charge in [0.05, 0.1) is 25.8 Å². The Balaban J connectivity index is 1.77.